The second kappa shape index (κ2) is 6.93. The minimum absolute atomic E-state index is 0.0445. The number of hydrogen-bond acceptors (Lipinski definition) is 5. The molecule has 0 aromatic carbocycles. The lowest BCUT2D eigenvalue weighted by Gasteiger charge is -2.44. The number of nitrogens with zero attached hydrogens (tertiary/aromatic N) is 3. The quantitative estimate of drug-likeness (QED) is 0.629. The third-order valence-corrected chi connectivity index (χ3v) is 4.84. The molecule has 1 saturated carbocycles. The van der Waals surface area contributed by atoms with Crippen molar-refractivity contribution in [2.45, 2.75) is 44.6 Å². The van der Waals surface area contributed by atoms with Gasteiger partial charge in [-0.3, -0.25) is 4.79 Å². The van der Waals surface area contributed by atoms with Gasteiger partial charge in [0.1, 0.15) is 6.20 Å². The normalized spacial score (nSPS) is 23.9. The minimum atomic E-state index is -0.599. The van der Waals surface area contributed by atoms with Gasteiger partial charge >= 0.3 is 5.82 Å². The monoisotopic (exact) mass is 319 g/mol. The summed E-state index contributed by atoms with van der Waals surface area (Å²) >= 11 is 0. The molecule has 23 heavy (non-hydrogen) atoms. The molecule has 1 aliphatic carbocycles. The van der Waals surface area contributed by atoms with Crippen LogP contribution in [0.4, 0.5) is 5.82 Å². The number of pyridine rings is 1. The number of carbonyl (C=O) groups is 1. The highest BCUT2D eigenvalue weighted by Crippen LogP contribution is 2.35. The van der Waals surface area contributed by atoms with Crippen LogP contribution in [0.2, 0.25) is 0 Å². The summed E-state index contributed by atoms with van der Waals surface area (Å²) in [6.07, 6.45) is 8.24. The van der Waals surface area contributed by atoms with Gasteiger partial charge in [0.05, 0.1) is 0 Å². The Bertz CT molecular complexity index is 590. The van der Waals surface area contributed by atoms with Gasteiger partial charge in [-0.1, -0.05) is 12.8 Å². The zero-order valence-corrected chi connectivity index (χ0v) is 13.0. The molecular weight excluding hydrogens is 298 g/mol. The maximum absolute atomic E-state index is 12.5. The first-order chi connectivity index (χ1) is 11.2. The van der Waals surface area contributed by atoms with Crippen LogP contribution in [-0.2, 0) is 4.79 Å². The van der Waals surface area contributed by atoms with Gasteiger partial charge in [-0.25, -0.2) is 0 Å². The van der Waals surface area contributed by atoms with Crippen molar-refractivity contribution in [3.63, 3.8) is 0 Å². The average Bonchev–Trinajstić information content (AvgIpc) is 2.59. The highest BCUT2D eigenvalue weighted by Gasteiger charge is 2.35. The number of amides is 1. The Labute approximate surface area is 134 Å². The molecule has 7 nitrogen and oxygen atoms in total. The number of rotatable bonds is 4. The molecule has 2 aliphatic rings. The van der Waals surface area contributed by atoms with E-state index < -0.39 is 4.92 Å². The number of nitro groups is 1. The second-order valence-electron chi connectivity index (χ2n) is 6.21. The number of likely N-dealkylation sites (tertiary alicyclic amines) is 1. The van der Waals surface area contributed by atoms with Crippen molar-refractivity contribution in [3.05, 3.63) is 28.4 Å². The molecule has 0 unspecified atom stereocenters. The molecule has 0 radical (unpaired) electrons. The lowest BCUT2D eigenvalue weighted by atomic mass is 9.78. The average molecular weight is 319 g/mol. The summed E-state index contributed by atoms with van der Waals surface area (Å²) in [6.45, 7) is 0.592. The molecule has 1 aromatic heterocycles. The largest absolute Gasteiger partial charge is 0.476 e. The number of piperidine rings is 1. The lowest BCUT2D eigenvalue weighted by molar-refractivity contribution is -0.390. The molecule has 7 heteroatoms. The molecule has 2 fully saturated rings. The molecule has 124 valence electrons. The molecule has 0 spiro atoms. The number of hydrogen-bond donors (Lipinski definition) is 0. The van der Waals surface area contributed by atoms with Crippen LogP contribution in [0.15, 0.2) is 18.3 Å². The molecule has 1 saturated heterocycles. The standard InChI is InChI=1S/C16H21N3O4/c20-15(11-23-14-8-3-9-17-16(14)19(21)22)18-10-4-6-12-5-1-2-7-13(12)18/h3,8-9,12-13H,1-2,4-7,10-11H2/t12-,13+/m1/s1. The molecule has 3 rings (SSSR count). The molecule has 2 heterocycles. The van der Waals surface area contributed by atoms with E-state index in [-0.39, 0.29) is 24.1 Å². The van der Waals surface area contributed by atoms with Gasteiger partial charge in [-0.05, 0) is 53.6 Å². The molecule has 0 N–H and O–H groups in total. The maximum atomic E-state index is 12.5. The Balaban J connectivity index is 1.64. The van der Waals surface area contributed by atoms with Crippen molar-refractivity contribution in [1.29, 1.82) is 0 Å². The summed E-state index contributed by atoms with van der Waals surface area (Å²) < 4.78 is 5.40. The van der Waals surface area contributed by atoms with Crippen LogP contribution in [0, 0.1) is 16.0 Å². The Morgan fingerprint density at radius 2 is 2.13 bits per heavy atom. The van der Waals surface area contributed by atoms with Gasteiger partial charge in [0.25, 0.3) is 5.91 Å². The van der Waals surface area contributed by atoms with Crippen LogP contribution in [0.1, 0.15) is 38.5 Å². The first-order valence-corrected chi connectivity index (χ1v) is 8.18. The Kier molecular flexibility index (Phi) is 4.73. The number of carbonyl (C=O) groups excluding carboxylic acids is 1. The van der Waals surface area contributed by atoms with Gasteiger partial charge in [0.2, 0.25) is 5.75 Å². The van der Waals surface area contributed by atoms with Crippen LogP contribution < -0.4 is 4.74 Å². The van der Waals surface area contributed by atoms with E-state index in [2.05, 4.69) is 4.98 Å². The SMILES string of the molecule is O=C(COc1cccnc1[N+](=O)[O-])N1CCC[C@H]2CCCC[C@@H]21. The van der Waals surface area contributed by atoms with Gasteiger partial charge in [0, 0.05) is 12.6 Å². The third kappa shape index (κ3) is 3.43. The number of fused-ring (bicyclic) bond motifs is 1. The van der Waals surface area contributed by atoms with E-state index in [0.29, 0.717) is 12.0 Å². The minimum Gasteiger partial charge on any atom is -0.476 e. The van der Waals surface area contributed by atoms with E-state index >= 15 is 0 Å². The molecular formula is C16H21N3O4. The van der Waals surface area contributed by atoms with Crippen molar-refractivity contribution in [3.8, 4) is 5.75 Å². The zero-order chi connectivity index (χ0) is 16.2. The molecule has 1 amide bonds. The first-order valence-electron chi connectivity index (χ1n) is 8.18. The molecule has 1 aromatic rings. The Hall–Kier alpha value is -2.18. The van der Waals surface area contributed by atoms with Crippen LogP contribution in [0.5, 0.6) is 5.75 Å². The van der Waals surface area contributed by atoms with Crippen LogP contribution in [0.25, 0.3) is 0 Å². The van der Waals surface area contributed by atoms with Crippen LogP contribution >= 0.6 is 0 Å². The van der Waals surface area contributed by atoms with Gasteiger partial charge < -0.3 is 19.8 Å². The zero-order valence-electron chi connectivity index (χ0n) is 13.0. The molecule has 2 atom stereocenters. The van der Waals surface area contributed by atoms with Gasteiger partial charge in [0.15, 0.2) is 6.61 Å². The molecule has 1 aliphatic heterocycles. The van der Waals surface area contributed by atoms with Crippen molar-refractivity contribution in [1.82, 2.24) is 9.88 Å². The van der Waals surface area contributed by atoms with E-state index in [1.807, 2.05) is 4.90 Å². The highest BCUT2D eigenvalue weighted by atomic mass is 16.6. The summed E-state index contributed by atoms with van der Waals surface area (Å²) in [5.41, 5.74) is 0. The fourth-order valence-electron chi connectivity index (χ4n) is 3.79. The van der Waals surface area contributed by atoms with E-state index in [9.17, 15) is 14.9 Å². The Morgan fingerprint density at radius 1 is 1.35 bits per heavy atom. The van der Waals surface area contributed by atoms with Crippen LogP contribution in [0.3, 0.4) is 0 Å². The fourth-order valence-corrected chi connectivity index (χ4v) is 3.79. The van der Waals surface area contributed by atoms with Crippen molar-refractivity contribution in [2.75, 3.05) is 13.2 Å². The predicted molar refractivity (Wildman–Crippen MR) is 83.1 cm³/mol. The van der Waals surface area contributed by atoms with Gasteiger partial charge in [-0.2, -0.15) is 0 Å². The summed E-state index contributed by atoms with van der Waals surface area (Å²) in [5.74, 6) is 0.214. The topological polar surface area (TPSA) is 85.6 Å². The highest BCUT2D eigenvalue weighted by molar-refractivity contribution is 5.78. The smallest absolute Gasteiger partial charge is 0.406 e. The first kappa shape index (κ1) is 15.7. The fraction of sp³-hybridized carbons (Fsp3) is 0.625. The van der Waals surface area contributed by atoms with E-state index in [1.165, 1.54) is 37.9 Å². The van der Waals surface area contributed by atoms with Gasteiger partial charge in [-0.15, -0.1) is 0 Å². The van der Waals surface area contributed by atoms with E-state index in [0.717, 1.165) is 19.4 Å². The summed E-state index contributed by atoms with van der Waals surface area (Å²) in [4.78, 5) is 28.5. The van der Waals surface area contributed by atoms with Crippen molar-refractivity contribution < 1.29 is 14.5 Å². The summed E-state index contributed by atoms with van der Waals surface area (Å²) in [7, 11) is 0. The van der Waals surface area contributed by atoms with E-state index in [4.69, 9.17) is 4.74 Å². The summed E-state index contributed by atoms with van der Waals surface area (Å²) in [6, 6.07) is 3.35. The second-order valence-corrected chi connectivity index (χ2v) is 6.21. The molecule has 0 bridgehead atoms. The van der Waals surface area contributed by atoms with Crippen molar-refractivity contribution in [2.24, 2.45) is 5.92 Å². The maximum Gasteiger partial charge on any atom is 0.406 e. The third-order valence-electron chi connectivity index (χ3n) is 4.84. The van der Waals surface area contributed by atoms with Crippen LogP contribution in [-0.4, -0.2) is 39.9 Å². The lowest BCUT2D eigenvalue weighted by Crippen LogP contribution is -2.51. The summed E-state index contributed by atoms with van der Waals surface area (Å²) in [5, 5.41) is 10.9. The van der Waals surface area contributed by atoms with E-state index in [1.54, 1.807) is 6.07 Å². The Morgan fingerprint density at radius 3 is 2.96 bits per heavy atom. The number of aromatic nitrogens is 1. The van der Waals surface area contributed by atoms with Crippen molar-refractivity contribution >= 4 is 11.7 Å². The number of ether oxygens (including phenoxy) is 1. The predicted octanol–water partition coefficient (Wildman–Crippen LogP) is 2.55.